The average Bonchev–Trinajstić information content (AvgIpc) is 3.99. The smallest absolute Gasteiger partial charge is 0.0548 e. The highest BCUT2D eigenvalue weighted by Crippen LogP contribution is 2.42. The first-order valence-electron chi connectivity index (χ1n) is 21.7. The molecule has 0 aliphatic heterocycles. The van der Waals surface area contributed by atoms with E-state index in [-0.39, 0.29) is 0 Å². The van der Waals surface area contributed by atoms with Crippen LogP contribution in [0.3, 0.4) is 0 Å². The monoisotopic (exact) mass is 801 g/mol. The minimum absolute atomic E-state index is 1.14. The summed E-state index contributed by atoms with van der Waals surface area (Å²) in [6, 6.07) is 86.5. The zero-order valence-electron chi connectivity index (χ0n) is 34.4. The molecule has 0 spiro atoms. The van der Waals surface area contributed by atoms with E-state index in [1.807, 2.05) is 0 Å². The molecule has 0 atom stereocenters. The van der Waals surface area contributed by atoms with E-state index >= 15 is 0 Å². The van der Waals surface area contributed by atoms with Gasteiger partial charge in [0, 0.05) is 49.4 Å². The van der Waals surface area contributed by atoms with Crippen LogP contribution in [0, 0.1) is 0 Å². The Bertz CT molecular complexity index is 3870. The van der Waals surface area contributed by atoms with Crippen LogP contribution in [-0.4, -0.2) is 13.7 Å². The molecule has 0 aliphatic carbocycles. The molecule has 3 heteroatoms. The summed E-state index contributed by atoms with van der Waals surface area (Å²) in [6.45, 7) is 0. The van der Waals surface area contributed by atoms with Gasteiger partial charge in [-0.25, -0.2) is 0 Å². The van der Waals surface area contributed by atoms with Crippen LogP contribution in [-0.2, 0) is 0 Å². The van der Waals surface area contributed by atoms with Gasteiger partial charge in [0.1, 0.15) is 0 Å². The quantitative estimate of drug-likeness (QED) is 0.159. The first-order valence-corrected chi connectivity index (χ1v) is 21.7. The number of hydrogen-bond donors (Lipinski definition) is 0. The Hall–Kier alpha value is -8.40. The van der Waals surface area contributed by atoms with Gasteiger partial charge >= 0.3 is 0 Å². The minimum atomic E-state index is 1.14. The van der Waals surface area contributed by atoms with E-state index in [9.17, 15) is 0 Å². The fourth-order valence-electron chi connectivity index (χ4n) is 10.1. The lowest BCUT2D eigenvalue weighted by Gasteiger charge is -2.11. The third-order valence-electron chi connectivity index (χ3n) is 13.0. The number of nitrogens with zero attached hydrogens (tertiary/aromatic N) is 3. The van der Waals surface area contributed by atoms with Crippen molar-refractivity contribution in [3.8, 4) is 50.4 Å². The molecule has 0 unspecified atom stereocenters. The van der Waals surface area contributed by atoms with Gasteiger partial charge in [0.05, 0.1) is 33.1 Å². The Morgan fingerprint density at radius 1 is 0.175 bits per heavy atom. The molecule has 3 nitrogen and oxygen atoms in total. The molecule has 0 amide bonds. The van der Waals surface area contributed by atoms with Crippen molar-refractivity contribution in [1.82, 2.24) is 13.7 Å². The minimum Gasteiger partial charge on any atom is -0.309 e. The van der Waals surface area contributed by atoms with Crippen LogP contribution < -0.4 is 0 Å². The molecule has 3 heterocycles. The molecule has 10 aromatic carbocycles. The van der Waals surface area contributed by atoms with Gasteiger partial charge in [0.2, 0.25) is 0 Å². The molecule has 13 aromatic rings. The van der Waals surface area contributed by atoms with E-state index < -0.39 is 0 Å². The molecule has 294 valence electrons. The SMILES string of the molecule is c1ccc(-c2ccc(-n3c4ccccc4c4cc(-c5ccc6c(c5)c5cc7c(cc5n6-c5cccc(-c6ccccc6)c5)c5ccccc5n7-c5ccccc5)ccc43)cc2)cc1. The van der Waals surface area contributed by atoms with Crippen LogP contribution >= 0.6 is 0 Å². The fourth-order valence-corrected chi connectivity index (χ4v) is 10.1. The summed E-state index contributed by atoms with van der Waals surface area (Å²) in [7, 11) is 0. The molecule has 0 saturated carbocycles. The van der Waals surface area contributed by atoms with Crippen LogP contribution in [0.5, 0.6) is 0 Å². The molecule has 0 radical (unpaired) electrons. The van der Waals surface area contributed by atoms with E-state index in [0.29, 0.717) is 0 Å². The molecule has 0 N–H and O–H groups in total. The third kappa shape index (κ3) is 5.60. The highest BCUT2D eigenvalue weighted by atomic mass is 15.0. The van der Waals surface area contributed by atoms with Gasteiger partial charge in [-0.2, -0.15) is 0 Å². The van der Waals surface area contributed by atoms with Crippen LogP contribution in [0.1, 0.15) is 0 Å². The number of fused-ring (bicyclic) bond motifs is 9. The first-order chi connectivity index (χ1) is 31.2. The summed E-state index contributed by atoms with van der Waals surface area (Å²) in [5.74, 6) is 0. The molecule has 3 aromatic heterocycles. The summed E-state index contributed by atoms with van der Waals surface area (Å²) in [5.41, 5.74) is 17.8. The second-order valence-corrected chi connectivity index (χ2v) is 16.6. The summed E-state index contributed by atoms with van der Waals surface area (Å²) in [5, 5.41) is 7.41. The number of benzene rings is 10. The lowest BCUT2D eigenvalue weighted by Crippen LogP contribution is -1.95. The maximum absolute atomic E-state index is 2.47. The lowest BCUT2D eigenvalue weighted by atomic mass is 10.00. The van der Waals surface area contributed by atoms with Gasteiger partial charge in [-0.15, -0.1) is 0 Å². The van der Waals surface area contributed by atoms with E-state index in [2.05, 4.69) is 250 Å². The highest BCUT2D eigenvalue weighted by Gasteiger charge is 2.20. The topological polar surface area (TPSA) is 14.8 Å². The Labute approximate surface area is 364 Å². The van der Waals surface area contributed by atoms with Gasteiger partial charge in [0.25, 0.3) is 0 Å². The molecular weight excluding hydrogens is 763 g/mol. The van der Waals surface area contributed by atoms with Crippen LogP contribution in [0.25, 0.3) is 116 Å². The normalized spacial score (nSPS) is 11.8. The van der Waals surface area contributed by atoms with Crippen molar-refractivity contribution in [3.63, 3.8) is 0 Å². The summed E-state index contributed by atoms with van der Waals surface area (Å²) in [4.78, 5) is 0. The first kappa shape index (κ1) is 35.4. The average molecular weight is 802 g/mol. The summed E-state index contributed by atoms with van der Waals surface area (Å²) < 4.78 is 7.29. The third-order valence-corrected chi connectivity index (χ3v) is 13.0. The lowest BCUT2D eigenvalue weighted by molar-refractivity contribution is 1.17. The fraction of sp³-hybridized carbons (Fsp3) is 0. The molecule has 0 fully saturated rings. The highest BCUT2D eigenvalue weighted by molar-refractivity contribution is 6.20. The number of aromatic nitrogens is 3. The van der Waals surface area contributed by atoms with E-state index in [1.54, 1.807) is 0 Å². The largest absolute Gasteiger partial charge is 0.309 e. The van der Waals surface area contributed by atoms with Crippen molar-refractivity contribution >= 4 is 65.4 Å². The molecule has 13 rings (SSSR count). The molecule has 0 aliphatic rings. The Morgan fingerprint density at radius 3 is 1.13 bits per heavy atom. The molecular formula is C60H39N3. The van der Waals surface area contributed by atoms with Gasteiger partial charge in [-0.05, 0) is 118 Å². The Kier molecular flexibility index (Phi) is 7.91. The van der Waals surface area contributed by atoms with Gasteiger partial charge in [-0.1, -0.05) is 152 Å². The van der Waals surface area contributed by atoms with Crippen molar-refractivity contribution in [1.29, 1.82) is 0 Å². The molecule has 0 bridgehead atoms. The van der Waals surface area contributed by atoms with Crippen molar-refractivity contribution < 1.29 is 0 Å². The van der Waals surface area contributed by atoms with Crippen LogP contribution in [0.15, 0.2) is 237 Å². The van der Waals surface area contributed by atoms with Crippen molar-refractivity contribution in [3.05, 3.63) is 237 Å². The number of hydrogen-bond acceptors (Lipinski definition) is 0. The second kappa shape index (κ2) is 14.1. The van der Waals surface area contributed by atoms with Gasteiger partial charge in [-0.3, -0.25) is 0 Å². The van der Waals surface area contributed by atoms with E-state index in [4.69, 9.17) is 0 Å². The Balaban J connectivity index is 1.03. The van der Waals surface area contributed by atoms with Gasteiger partial charge < -0.3 is 13.7 Å². The van der Waals surface area contributed by atoms with Crippen LogP contribution in [0.4, 0.5) is 0 Å². The number of rotatable bonds is 6. The number of para-hydroxylation sites is 3. The van der Waals surface area contributed by atoms with Gasteiger partial charge in [0.15, 0.2) is 0 Å². The predicted octanol–water partition coefficient (Wildman–Crippen LogP) is 16.0. The maximum Gasteiger partial charge on any atom is 0.0548 e. The van der Waals surface area contributed by atoms with Crippen LogP contribution in [0.2, 0.25) is 0 Å². The Morgan fingerprint density at radius 2 is 0.524 bits per heavy atom. The van der Waals surface area contributed by atoms with E-state index in [1.165, 1.54) is 98.8 Å². The zero-order valence-corrected chi connectivity index (χ0v) is 34.4. The summed E-state index contributed by atoms with van der Waals surface area (Å²) >= 11 is 0. The standard InChI is InChI=1S/C60H39N3/c1-4-15-40(16-5-1)42-27-31-47(32-28-42)61-55-25-12-10-23-49(55)51-36-44(29-33-57(51)61)45-30-34-58-52(37-45)54-39-59-53(50-24-11-13-26-56(50)62(59)46-20-8-3-9-21-46)38-60(54)63(58)48-22-14-19-43(35-48)41-17-6-2-7-18-41/h1-39H. The molecule has 0 saturated heterocycles. The van der Waals surface area contributed by atoms with Crippen molar-refractivity contribution in [2.45, 2.75) is 0 Å². The second-order valence-electron chi connectivity index (χ2n) is 16.6. The predicted molar refractivity (Wildman–Crippen MR) is 266 cm³/mol. The zero-order chi connectivity index (χ0) is 41.4. The van der Waals surface area contributed by atoms with E-state index in [0.717, 1.165) is 17.1 Å². The van der Waals surface area contributed by atoms with Crippen molar-refractivity contribution in [2.75, 3.05) is 0 Å². The van der Waals surface area contributed by atoms with Crippen molar-refractivity contribution in [2.24, 2.45) is 0 Å². The molecule has 63 heavy (non-hydrogen) atoms. The summed E-state index contributed by atoms with van der Waals surface area (Å²) in [6.07, 6.45) is 0. The maximum atomic E-state index is 2.47.